The van der Waals surface area contributed by atoms with E-state index >= 15 is 0 Å². The van der Waals surface area contributed by atoms with E-state index in [1.165, 1.54) is 12.5 Å². The maximum Gasteiger partial charge on any atom is 0.326 e. The van der Waals surface area contributed by atoms with E-state index in [4.69, 9.17) is 5.11 Å². The van der Waals surface area contributed by atoms with Gasteiger partial charge in [0.1, 0.15) is 18.1 Å². The zero-order valence-electron chi connectivity index (χ0n) is 19.9. The maximum absolute atomic E-state index is 13.1. The third-order valence-corrected chi connectivity index (χ3v) is 6.05. The molecule has 2 rings (SSSR count). The van der Waals surface area contributed by atoms with E-state index in [-0.39, 0.29) is 25.2 Å². The van der Waals surface area contributed by atoms with Crippen molar-refractivity contribution in [3.8, 4) is 0 Å². The zero-order valence-corrected chi connectivity index (χ0v) is 19.9. The number of aromatic amines is 1. The first kappa shape index (κ1) is 27.8. The minimum Gasteiger partial charge on any atom is -0.481 e. The minimum atomic E-state index is -1.20. The monoisotopic (exact) mass is 494 g/mol. The van der Waals surface area contributed by atoms with Gasteiger partial charge in [0, 0.05) is 24.7 Å². The predicted octanol–water partition coefficient (Wildman–Crippen LogP) is -0.846. The van der Waals surface area contributed by atoms with Crippen molar-refractivity contribution in [1.82, 2.24) is 31.2 Å². The summed E-state index contributed by atoms with van der Waals surface area (Å²) in [6.07, 6.45) is 4.20. The van der Waals surface area contributed by atoms with Gasteiger partial charge >= 0.3 is 11.9 Å². The second kappa shape index (κ2) is 13.4. The molecule has 1 saturated heterocycles. The van der Waals surface area contributed by atoms with E-state index in [2.05, 4.69) is 31.2 Å². The third kappa shape index (κ3) is 8.67. The molecule has 7 N–H and O–H groups in total. The van der Waals surface area contributed by atoms with E-state index in [0.717, 1.165) is 6.42 Å². The first-order valence-corrected chi connectivity index (χ1v) is 11.7. The molecule has 0 spiro atoms. The summed E-state index contributed by atoms with van der Waals surface area (Å²) >= 11 is 0. The van der Waals surface area contributed by atoms with E-state index in [1.54, 1.807) is 13.8 Å². The Kier molecular flexibility index (Phi) is 10.6. The predicted molar refractivity (Wildman–Crippen MR) is 123 cm³/mol. The average Bonchev–Trinajstić information content (AvgIpc) is 3.53. The molecule has 2 heterocycles. The highest BCUT2D eigenvalue weighted by molar-refractivity contribution is 5.94. The number of imidazole rings is 1. The van der Waals surface area contributed by atoms with Crippen molar-refractivity contribution in [1.29, 1.82) is 0 Å². The number of H-pyrrole nitrogens is 1. The maximum atomic E-state index is 13.1. The average molecular weight is 495 g/mol. The lowest BCUT2D eigenvalue weighted by atomic mass is 9.98. The number of nitrogens with one attached hydrogen (secondary N) is 5. The summed E-state index contributed by atoms with van der Waals surface area (Å²) in [6, 6.07) is -4.03. The molecule has 0 aliphatic carbocycles. The van der Waals surface area contributed by atoms with E-state index in [1.807, 2.05) is 0 Å². The molecule has 3 amide bonds. The second-order valence-corrected chi connectivity index (χ2v) is 8.69. The standard InChI is InChI=1S/C22H34N6O7/c1-3-12(2)18(22(34)35)28-21(33)16(9-13-10-23-11-25-13)27-20(32)15(6-7-17(29)30)26-19(31)14-5-4-8-24-14/h10-12,14-16,18,24H,3-9H2,1-2H3,(H,23,25)(H,26,31)(H,27,32)(H,28,33)(H,29,30)(H,34,35). The number of hydrogen-bond acceptors (Lipinski definition) is 7. The molecule has 5 unspecified atom stereocenters. The highest BCUT2D eigenvalue weighted by Gasteiger charge is 2.33. The molecule has 13 nitrogen and oxygen atoms in total. The van der Waals surface area contributed by atoms with Gasteiger partial charge in [0.2, 0.25) is 17.7 Å². The van der Waals surface area contributed by atoms with E-state index in [9.17, 15) is 29.1 Å². The van der Waals surface area contributed by atoms with Crippen LogP contribution in [0.3, 0.4) is 0 Å². The second-order valence-electron chi connectivity index (χ2n) is 8.69. The van der Waals surface area contributed by atoms with Crippen molar-refractivity contribution in [3.05, 3.63) is 18.2 Å². The largest absolute Gasteiger partial charge is 0.481 e. The molecule has 0 saturated carbocycles. The highest BCUT2D eigenvalue weighted by Crippen LogP contribution is 2.10. The molecule has 35 heavy (non-hydrogen) atoms. The summed E-state index contributed by atoms with van der Waals surface area (Å²) in [5, 5.41) is 29.2. The summed E-state index contributed by atoms with van der Waals surface area (Å²) in [4.78, 5) is 68.2. The molecular weight excluding hydrogens is 460 g/mol. The van der Waals surface area contributed by atoms with Crippen molar-refractivity contribution < 1.29 is 34.2 Å². The molecule has 0 radical (unpaired) electrons. The lowest BCUT2D eigenvalue weighted by Gasteiger charge is -2.26. The van der Waals surface area contributed by atoms with Gasteiger partial charge in [0.05, 0.1) is 12.4 Å². The molecule has 1 aliphatic rings. The quantitative estimate of drug-likeness (QED) is 0.172. The van der Waals surface area contributed by atoms with Gasteiger partial charge < -0.3 is 36.5 Å². The molecule has 1 aromatic heterocycles. The van der Waals surface area contributed by atoms with Crippen molar-refractivity contribution in [2.24, 2.45) is 5.92 Å². The van der Waals surface area contributed by atoms with Crippen LogP contribution in [0.5, 0.6) is 0 Å². The number of nitrogens with zero attached hydrogens (tertiary/aromatic N) is 1. The van der Waals surface area contributed by atoms with Crippen molar-refractivity contribution in [3.63, 3.8) is 0 Å². The number of carboxylic acids is 2. The lowest BCUT2D eigenvalue weighted by Crippen LogP contribution is -2.58. The van der Waals surface area contributed by atoms with Gasteiger partial charge in [0.25, 0.3) is 0 Å². The summed E-state index contributed by atoms with van der Waals surface area (Å²) < 4.78 is 0. The van der Waals surface area contributed by atoms with Gasteiger partial charge in [-0.1, -0.05) is 20.3 Å². The summed E-state index contributed by atoms with van der Waals surface area (Å²) in [5.74, 6) is -4.59. The van der Waals surface area contributed by atoms with Crippen LogP contribution in [0.1, 0.15) is 51.6 Å². The number of carbonyl (C=O) groups is 5. The van der Waals surface area contributed by atoms with Crippen LogP contribution in [0.2, 0.25) is 0 Å². The Morgan fingerprint density at radius 1 is 1.11 bits per heavy atom. The third-order valence-electron chi connectivity index (χ3n) is 6.05. The highest BCUT2D eigenvalue weighted by atomic mass is 16.4. The van der Waals surface area contributed by atoms with Crippen LogP contribution < -0.4 is 21.3 Å². The van der Waals surface area contributed by atoms with Crippen LogP contribution in [0.15, 0.2) is 12.5 Å². The lowest BCUT2D eigenvalue weighted by molar-refractivity contribution is -0.143. The van der Waals surface area contributed by atoms with Crippen molar-refractivity contribution >= 4 is 29.7 Å². The number of rotatable bonds is 14. The molecular formula is C22H34N6O7. The van der Waals surface area contributed by atoms with Gasteiger partial charge in [-0.2, -0.15) is 0 Å². The topological polar surface area (TPSA) is 203 Å². The fourth-order valence-electron chi connectivity index (χ4n) is 3.75. The number of aromatic nitrogens is 2. The van der Waals surface area contributed by atoms with Crippen LogP contribution >= 0.6 is 0 Å². The van der Waals surface area contributed by atoms with E-state index in [0.29, 0.717) is 25.1 Å². The Labute approximate surface area is 202 Å². The van der Waals surface area contributed by atoms with Crippen LogP contribution in [-0.2, 0) is 30.4 Å². The minimum absolute atomic E-state index is 0.0196. The van der Waals surface area contributed by atoms with Gasteiger partial charge in [-0.25, -0.2) is 9.78 Å². The van der Waals surface area contributed by atoms with E-state index < -0.39 is 53.8 Å². The molecule has 0 bridgehead atoms. The molecule has 194 valence electrons. The smallest absolute Gasteiger partial charge is 0.326 e. The van der Waals surface area contributed by atoms with Gasteiger partial charge in [-0.05, 0) is 31.7 Å². The van der Waals surface area contributed by atoms with Gasteiger partial charge in [-0.3, -0.25) is 19.2 Å². The number of carbonyl (C=O) groups excluding carboxylic acids is 3. The summed E-state index contributed by atoms with van der Waals surface area (Å²) in [6.45, 7) is 4.15. The Hall–Kier alpha value is -3.48. The zero-order chi connectivity index (χ0) is 26.0. The first-order chi connectivity index (χ1) is 16.6. The Balaban J connectivity index is 2.18. The number of amides is 3. The summed E-state index contributed by atoms with van der Waals surface area (Å²) in [5.41, 5.74) is 0.516. The van der Waals surface area contributed by atoms with Crippen LogP contribution in [0.25, 0.3) is 0 Å². The molecule has 1 fully saturated rings. The molecule has 1 aromatic rings. The Bertz CT molecular complexity index is 885. The van der Waals surface area contributed by atoms with Crippen LogP contribution in [-0.4, -0.2) is 80.6 Å². The molecule has 13 heteroatoms. The number of carboxylic acid groups (broad SMARTS) is 2. The van der Waals surface area contributed by atoms with Crippen molar-refractivity contribution in [2.45, 2.75) is 76.5 Å². The fraction of sp³-hybridized carbons (Fsp3) is 0.636. The Morgan fingerprint density at radius 2 is 1.83 bits per heavy atom. The molecule has 5 atom stereocenters. The molecule has 1 aliphatic heterocycles. The SMILES string of the molecule is CCC(C)C(NC(=O)C(Cc1cnc[nH]1)NC(=O)C(CCC(=O)O)NC(=O)C1CCCN1)C(=O)O. The number of aliphatic carboxylic acids is 2. The van der Waals surface area contributed by atoms with Gasteiger partial charge in [-0.15, -0.1) is 0 Å². The van der Waals surface area contributed by atoms with Gasteiger partial charge in [0.15, 0.2) is 0 Å². The summed E-state index contributed by atoms with van der Waals surface area (Å²) in [7, 11) is 0. The molecule has 0 aromatic carbocycles. The van der Waals surface area contributed by atoms with Crippen LogP contribution in [0.4, 0.5) is 0 Å². The van der Waals surface area contributed by atoms with Crippen molar-refractivity contribution in [2.75, 3.05) is 6.54 Å². The normalized spacial score (nSPS) is 18.6. The Morgan fingerprint density at radius 3 is 2.37 bits per heavy atom. The fourth-order valence-corrected chi connectivity index (χ4v) is 3.75. The number of hydrogen-bond donors (Lipinski definition) is 7. The van der Waals surface area contributed by atoms with Crippen LogP contribution in [0, 0.1) is 5.92 Å². The first-order valence-electron chi connectivity index (χ1n) is 11.7.